The van der Waals surface area contributed by atoms with E-state index in [1.54, 1.807) is 16.8 Å². The van der Waals surface area contributed by atoms with Crippen LogP contribution >= 0.6 is 11.8 Å². The normalized spacial score (nSPS) is 19.2. The highest BCUT2D eigenvalue weighted by atomic mass is 32.2. The quantitative estimate of drug-likeness (QED) is 0.648. The molecule has 1 unspecified atom stereocenters. The lowest BCUT2D eigenvalue weighted by Crippen LogP contribution is -2.31. The van der Waals surface area contributed by atoms with Crippen molar-refractivity contribution >= 4 is 23.5 Å². The molecule has 0 fully saturated rings. The van der Waals surface area contributed by atoms with Gasteiger partial charge in [-0.05, 0) is 30.5 Å². The molecule has 0 radical (unpaired) electrons. The highest BCUT2D eigenvalue weighted by molar-refractivity contribution is 7.99. The topological polar surface area (TPSA) is 80.0 Å². The van der Waals surface area contributed by atoms with E-state index in [0.29, 0.717) is 17.5 Å². The molecule has 2 N–H and O–H groups in total. The van der Waals surface area contributed by atoms with Gasteiger partial charge in [0, 0.05) is 23.4 Å². The Morgan fingerprint density at radius 1 is 1.36 bits per heavy atom. The second-order valence-electron chi connectivity index (χ2n) is 6.05. The van der Waals surface area contributed by atoms with Crippen LogP contribution < -0.4 is 5.32 Å². The van der Waals surface area contributed by atoms with Crippen molar-refractivity contribution in [2.45, 2.75) is 30.5 Å². The third kappa shape index (κ3) is 2.84. The molecule has 0 bridgehead atoms. The number of hydrogen-bond donors (Lipinski definition) is 2. The maximum absolute atomic E-state index is 12.6. The number of allylic oxidation sites excluding steroid dienone is 2. The lowest BCUT2D eigenvalue weighted by atomic mass is 9.85. The van der Waals surface area contributed by atoms with Gasteiger partial charge in [-0.2, -0.15) is 4.98 Å². The molecule has 4 rings (SSSR count). The monoisotopic (exact) mass is 354 g/mol. The summed E-state index contributed by atoms with van der Waals surface area (Å²) in [6.07, 6.45) is 4.04. The van der Waals surface area contributed by atoms with Crippen molar-refractivity contribution < 1.29 is 9.90 Å². The van der Waals surface area contributed by atoms with Gasteiger partial charge in [-0.25, -0.2) is 4.68 Å². The van der Waals surface area contributed by atoms with Crippen LogP contribution in [0.3, 0.4) is 0 Å². The van der Waals surface area contributed by atoms with Crippen LogP contribution in [0.15, 0.2) is 53.3 Å². The van der Waals surface area contributed by atoms with Crippen molar-refractivity contribution in [2.24, 2.45) is 0 Å². The number of aromatic hydroxyl groups is 1. The second kappa shape index (κ2) is 6.40. The average molecular weight is 354 g/mol. The molecule has 1 aromatic carbocycles. The molecule has 0 amide bonds. The fraction of sp³-hybridized carbons (Fsp3) is 0.278. The molecule has 1 aliphatic carbocycles. The van der Waals surface area contributed by atoms with Crippen LogP contribution in [-0.4, -0.2) is 31.4 Å². The Bertz CT molecular complexity index is 870. The van der Waals surface area contributed by atoms with E-state index in [1.165, 1.54) is 11.8 Å². The number of Topliss-reactive ketones (excluding diaryl/α,β-unsaturated/α-hetero) is 1. The van der Waals surface area contributed by atoms with Gasteiger partial charge in [0.25, 0.3) is 0 Å². The van der Waals surface area contributed by atoms with E-state index in [9.17, 15) is 9.90 Å². The second-order valence-corrected chi connectivity index (χ2v) is 7.04. The maximum Gasteiger partial charge on any atom is 0.227 e. The molecule has 0 saturated carbocycles. The number of rotatable bonds is 4. The number of phenols is 1. The molecule has 1 aliphatic heterocycles. The van der Waals surface area contributed by atoms with Crippen LogP contribution in [0.1, 0.15) is 30.9 Å². The van der Waals surface area contributed by atoms with Gasteiger partial charge in [0.15, 0.2) is 5.78 Å². The number of thioether (sulfide) groups is 1. The third-order valence-electron chi connectivity index (χ3n) is 4.39. The van der Waals surface area contributed by atoms with Crippen LogP contribution in [-0.2, 0) is 4.79 Å². The number of anilines is 1. The summed E-state index contributed by atoms with van der Waals surface area (Å²) < 4.78 is 1.78. The molecule has 2 heterocycles. The molecule has 1 aromatic heterocycles. The fourth-order valence-electron chi connectivity index (χ4n) is 3.30. The summed E-state index contributed by atoms with van der Waals surface area (Å²) in [5.74, 6) is 1.72. The number of carbonyl (C=O) groups is 1. The molecule has 1 atom stereocenters. The molecule has 128 valence electrons. The number of phenolic OH excluding ortho intramolecular Hbond substituents is 1. The number of fused-ring (bicyclic) bond motifs is 1. The van der Waals surface area contributed by atoms with Crippen LogP contribution in [0.5, 0.6) is 5.75 Å². The Kier molecular flexibility index (Phi) is 4.09. The Morgan fingerprint density at radius 3 is 2.92 bits per heavy atom. The number of nitrogens with zero attached hydrogens (tertiary/aromatic N) is 3. The van der Waals surface area contributed by atoms with E-state index < -0.39 is 0 Å². The van der Waals surface area contributed by atoms with Crippen LogP contribution in [0.25, 0.3) is 0 Å². The molecule has 0 spiro atoms. The molecule has 2 aromatic rings. The van der Waals surface area contributed by atoms with Gasteiger partial charge in [0.05, 0.1) is 0 Å². The van der Waals surface area contributed by atoms with E-state index in [1.807, 2.05) is 18.2 Å². The summed E-state index contributed by atoms with van der Waals surface area (Å²) in [6, 6.07) is 6.62. The number of ketones is 1. The van der Waals surface area contributed by atoms with Crippen molar-refractivity contribution in [3.63, 3.8) is 0 Å². The first-order valence-corrected chi connectivity index (χ1v) is 9.18. The smallest absolute Gasteiger partial charge is 0.227 e. The zero-order valence-electron chi connectivity index (χ0n) is 13.6. The largest absolute Gasteiger partial charge is 0.508 e. The Hall–Kier alpha value is -2.54. The van der Waals surface area contributed by atoms with E-state index in [-0.39, 0.29) is 17.6 Å². The van der Waals surface area contributed by atoms with E-state index in [2.05, 4.69) is 22.0 Å². The minimum absolute atomic E-state index is 0.147. The lowest BCUT2D eigenvalue weighted by molar-refractivity contribution is -0.116. The zero-order valence-corrected chi connectivity index (χ0v) is 14.4. The summed E-state index contributed by atoms with van der Waals surface area (Å²) in [7, 11) is 0. The number of hydrogen-bond acceptors (Lipinski definition) is 6. The summed E-state index contributed by atoms with van der Waals surface area (Å²) in [5, 5.41) is 18.1. The molecular formula is C18H18N4O2S. The number of benzene rings is 1. The zero-order chi connectivity index (χ0) is 17.4. The Labute approximate surface area is 149 Å². The van der Waals surface area contributed by atoms with E-state index in [4.69, 9.17) is 0 Å². The summed E-state index contributed by atoms with van der Waals surface area (Å²) in [6.45, 7) is 3.72. The van der Waals surface area contributed by atoms with E-state index >= 15 is 0 Å². The van der Waals surface area contributed by atoms with Crippen molar-refractivity contribution in [1.82, 2.24) is 14.8 Å². The predicted octanol–water partition coefficient (Wildman–Crippen LogP) is 3.28. The van der Waals surface area contributed by atoms with Crippen molar-refractivity contribution in [1.29, 1.82) is 0 Å². The predicted molar refractivity (Wildman–Crippen MR) is 96.7 cm³/mol. The van der Waals surface area contributed by atoms with Gasteiger partial charge in [0.2, 0.25) is 11.1 Å². The SMILES string of the molecule is C=CCSc1nc2n(n1)C(c1ccc(O)cc1)C1=C(CCCC1=O)N2. The lowest BCUT2D eigenvalue weighted by Gasteiger charge is -2.32. The van der Waals surface area contributed by atoms with Crippen LogP contribution in [0, 0.1) is 0 Å². The molecule has 7 heteroatoms. The summed E-state index contributed by atoms with van der Waals surface area (Å²) in [5.41, 5.74) is 2.61. The molecule has 0 saturated heterocycles. The Morgan fingerprint density at radius 2 is 2.16 bits per heavy atom. The van der Waals surface area contributed by atoms with Crippen molar-refractivity contribution in [2.75, 3.05) is 11.1 Å². The first kappa shape index (κ1) is 16.0. The average Bonchev–Trinajstić information content (AvgIpc) is 3.01. The molecule has 6 nitrogen and oxygen atoms in total. The fourth-order valence-corrected chi connectivity index (χ4v) is 3.86. The van der Waals surface area contributed by atoms with Gasteiger partial charge in [-0.15, -0.1) is 11.7 Å². The number of carbonyl (C=O) groups excluding carboxylic acids is 1. The highest BCUT2D eigenvalue weighted by Crippen LogP contribution is 2.40. The van der Waals surface area contributed by atoms with E-state index in [0.717, 1.165) is 35.4 Å². The maximum atomic E-state index is 12.6. The minimum atomic E-state index is -0.315. The van der Waals surface area contributed by atoms with Gasteiger partial charge in [-0.1, -0.05) is 30.0 Å². The summed E-state index contributed by atoms with van der Waals surface area (Å²) >= 11 is 1.50. The van der Waals surface area contributed by atoms with Gasteiger partial charge >= 0.3 is 0 Å². The minimum Gasteiger partial charge on any atom is -0.508 e. The highest BCUT2D eigenvalue weighted by Gasteiger charge is 2.36. The van der Waals surface area contributed by atoms with Gasteiger partial charge < -0.3 is 10.4 Å². The first-order chi connectivity index (χ1) is 12.2. The van der Waals surface area contributed by atoms with Crippen molar-refractivity contribution in [3.05, 3.63) is 53.8 Å². The van der Waals surface area contributed by atoms with Crippen LogP contribution in [0.4, 0.5) is 5.95 Å². The standard InChI is InChI=1S/C18H18N4O2S/c1-2-10-25-18-20-17-19-13-4-3-5-14(24)15(13)16(22(17)21-18)11-6-8-12(23)9-7-11/h2,6-9,16,23H,1,3-5,10H2,(H,19,20,21). The number of aromatic nitrogens is 3. The van der Waals surface area contributed by atoms with Crippen LogP contribution in [0.2, 0.25) is 0 Å². The van der Waals surface area contributed by atoms with Gasteiger partial charge in [-0.3, -0.25) is 4.79 Å². The summed E-state index contributed by atoms with van der Waals surface area (Å²) in [4.78, 5) is 17.2. The van der Waals surface area contributed by atoms with Gasteiger partial charge in [0.1, 0.15) is 11.8 Å². The Balaban J connectivity index is 1.83. The number of nitrogens with one attached hydrogen (secondary N) is 1. The van der Waals surface area contributed by atoms with Crippen molar-refractivity contribution in [3.8, 4) is 5.75 Å². The molecule has 25 heavy (non-hydrogen) atoms. The third-order valence-corrected chi connectivity index (χ3v) is 5.22. The first-order valence-electron chi connectivity index (χ1n) is 8.20. The molecule has 2 aliphatic rings. The molecular weight excluding hydrogens is 336 g/mol.